The Bertz CT molecular complexity index is 510. The van der Waals surface area contributed by atoms with E-state index in [9.17, 15) is 13.2 Å². The number of amides is 1. The molecule has 1 aromatic rings. The smallest absolute Gasteiger partial charge is 0.271 e. The molecule has 0 saturated heterocycles. The van der Waals surface area contributed by atoms with Gasteiger partial charge in [-0.2, -0.15) is 0 Å². The lowest BCUT2D eigenvalue weighted by Crippen LogP contribution is -2.27. The molecule has 7 nitrogen and oxygen atoms in total. The summed E-state index contributed by atoms with van der Waals surface area (Å²) in [6.45, 7) is 3.49. The maximum Gasteiger partial charge on any atom is 0.271 e. The lowest BCUT2D eigenvalue weighted by atomic mass is 10.3. The van der Waals surface area contributed by atoms with Crippen LogP contribution in [-0.4, -0.2) is 27.4 Å². The summed E-state index contributed by atoms with van der Waals surface area (Å²) in [4.78, 5) is 11.3. The molecule has 1 amide bonds. The van der Waals surface area contributed by atoms with Crippen molar-refractivity contribution >= 4 is 15.9 Å². The first kappa shape index (κ1) is 15.7. The molecule has 0 unspecified atom stereocenters. The molecule has 8 heteroatoms. The molecule has 1 heterocycles. The van der Waals surface area contributed by atoms with Gasteiger partial charge >= 0.3 is 0 Å². The van der Waals surface area contributed by atoms with Gasteiger partial charge in [-0.1, -0.05) is 6.92 Å². The van der Waals surface area contributed by atoms with Crippen LogP contribution in [0.1, 0.15) is 25.5 Å². The third-order valence-electron chi connectivity index (χ3n) is 2.32. The van der Waals surface area contributed by atoms with Crippen molar-refractivity contribution in [2.45, 2.75) is 31.4 Å². The van der Waals surface area contributed by atoms with Gasteiger partial charge in [-0.3, -0.25) is 4.79 Å². The van der Waals surface area contributed by atoms with E-state index >= 15 is 0 Å². The number of carbonyl (C=O) groups excluding carboxylic acids is 1. The molecule has 1 aromatic heterocycles. The zero-order valence-electron chi connectivity index (χ0n) is 10.8. The van der Waals surface area contributed by atoms with Crippen LogP contribution < -0.4 is 15.8 Å². The minimum absolute atomic E-state index is 0.0148. The zero-order valence-corrected chi connectivity index (χ0v) is 11.6. The van der Waals surface area contributed by atoms with Gasteiger partial charge < -0.3 is 15.1 Å². The van der Waals surface area contributed by atoms with E-state index in [0.29, 0.717) is 31.8 Å². The van der Waals surface area contributed by atoms with Gasteiger partial charge in [0.25, 0.3) is 10.0 Å². The van der Waals surface area contributed by atoms with E-state index < -0.39 is 10.0 Å². The Morgan fingerprint density at radius 3 is 2.68 bits per heavy atom. The normalized spacial score (nSPS) is 11.5. The number of nitrogens with one attached hydrogen (secondary N) is 2. The molecule has 0 radical (unpaired) electrons. The first-order valence-electron chi connectivity index (χ1n) is 6.02. The molecule has 4 N–H and O–H groups in total. The molecule has 0 spiro atoms. The molecular formula is C11H19N3O4S. The van der Waals surface area contributed by atoms with Crippen LogP contribution in [0.15, 0.2) is 21.6 Å². The molecule has 0 aromatic carbocycles. The molecular weight excluding hydrogens is 270 g/mol. The predicted octanol–water partition coefficient (Wildman–Crippen LogP) is -0.0671. The number of furan rings is 1. The van der Waals surface area contributed by atoms with E-state index in [1.807, 2.05) is 6.92 Å². The van der Waals surface area contributed by atoms with E-state index in [0.717, 1.165) is 6.42 Å². The summed E-state index contributed by atoms with van der Waals surface area (Å²) < 4.78 is 27.0. The maximum absolute atomic E-state index is 11.3. The van der Waals surface area contributed by atoms with Gasteiger partial charge in [-0.15, -0.1) is 0 Å². The number of hydrogen-bond acceptors (Lipinski definition) is 5. The highest BCUT2D eigenvalue weighted by atomic mass is 32.2. The fourth-order valence-electron chi connectivity index (χ4n) is 1.37. The van der Waals surface area contributed by atoms with E-state index in [2.05, 4.69) is 10.6 Å². The van der Waals surface area contributed by atoms with Gasteiger partial charge in [0.2, 0.25) is 11.0 Å². The second-order valence-electron chi connectivity index (χ2n) is 4.04. The van der Waals surface area contributed by atoms with Gasteiger partial charge in [0.05, 0.1) is 6.54 Å². The minimum Gasteiger partial charge on any atom is -0.447 e. The monoisotopic (exact) mass is 289 g/mol. The lowest BCUT2D eigenvalue weighted by molar-refractivity contribution is -0.121. The van der Waals surface area contributed by atoms with Crippen LogP contribution in [0.2, 0.25) is 0 Å². The predicted molar refractivity (Wildman–Crippen MR) is 69.7 cm³/mol. The van der Waals surface area contributed by atoms with Crippen LogP contribution >= 0.6 is 0 Å². The first-order chi connectivity index (χ1) is 8.93. The number of sulfonamides is 1. The topological polar surface area (TPSA) is 114 Å². The van der Waals surface area contributed by atoms with Crippen LogP contribution in [0.3, 0.4) is 0 Å². The minimum atomic E-state index is -3.79. The number of hydrogen-bond donors (Lipinski definition) is 3. The fourth-order valence-corrected chi connectivity index (χ4v) is 1.85. The third kappa shape index (κ3) is 5.86. The van der Waals surface area contributed by atoms with Crippen LogP contribution in [0.25, 0.3) is 0 Å². The molecule has 0 aliphatic heterocycles. The van der Waals surface area contributed by atoms with Gasteiger partial charge in [0, 0.05) is 19.5 Å². The summed E-state index contributed by atoms with van der Waals surface area (Å²) in [5.41, 5.74) is 0. The molecule has 108 valence electrons. The molecule has 0 fully saturated rings. The van der Waals surface area contributed by atoms with Gasteiger partial charge in [0.1, 0.15) is 5.76 Å². The fraction of sp³-hybridized carbons (Fsp3) is 0.545. The van der Waals surface area contributed by atoms with Crippen molar-refractivity contribution in [2.24, 2.45) is 5.14 Å². The second kappa shape index (κ2) is 7.27. The zero-order chi connectivity index (χ0) is 14.3. The van der Waals surface area contributed by atoms with E-state index in [1.54, 1.807) is 0 Å². The van der Waals surface area contributed by atoms with Crippen molar-refractivity contribution in [3.05, 3.63) is 17.9 Å². The highest BCUT2D eigenvalue weighted by molar-refractivity contribution is 7.89. The first-order valence-corrected chi connectivity index (χ1v) is 7.57. The van der Waals surface area contributed by atoms with Gasteiger partial charge in [0.15, 0.2) is 0 Å². The number of nitrogens with two attached hydrogens (primary N) is 1. The number of primary sulfonamides is 1. The van der Waals surface area contributed by atoms with Gasteiger partial charge in [-0.05, 0) is 18.6 Å². The Labute approximate surface area is 112 Å². The molecule has 0 atom stereocenters. The lowest BCUT2D eigenvalue weighted by Gasteiger charge is -2.04. The largest absolute Gasteiger partial charge is 0.447 e. The van der Waals surface area contributed by atoms with E-state index in [-0.39, 0.29) is 11.0 Å². The summed E-state index contributed by atoms with van der Waals surface area (Å²) in [6.07, 6.45) is 1.27. The van der Waals surface area contributed by atoms with Crippen molar-refractivity contribution in [1.82, 2.24) is 10.6 Å². The summed E-state index contributed by atoms with van der Waals surface area (Å²) in [5.74, 6) is 0.442. The summed E-state index contributed by atoms with van der Waals surface area (Å²) >= 11 is 0. The highest BCUT2D eigenvalue weighted by Gasteiger charge is 2.12. The van der Waals surface area contributed by atoms with Crippen LogP contribution in [0.5, 0.6) is 0 Å². The van der Waals surface area contributed by atoms with Crippen molar-refractivity contribution in [3.63, 3.8) is 0 Å². The van der Waals surface area contributed by atoms with Crippen molar-refractivity contribution in [2.75, 3.05) is 13.1 Å². The molecule has 0 saturated carbocycles. The molecule has 19 heavy (non-hydrogen) atoms. The van der Waals surface area contributed by atoms with Crippen LogP contribution in [0, 0.1) is 0 Å². The quantitative estimate of drug-likeness (QED) is 0.580. The average Bonchev–Trinajstić information content (AvgIpc) is 2.80. The van der Waals surface area contributed by atoms with E-state index in [4.69, 9.17) is 9.56 Å². The molecule has 0 bridgehead atoms. The summed E-state index contributed by atoms with van der Waals surface area (Å²) in [5, 5.41) is 10.4. The molecule has 0 aliphatic carbocycles. The number of carbonyl (C=O) groups is 1. The third-order valence-corrected chi connectivity index (χ3v) is 3.10. The Hall–Kier alpha value is -1.38. The highest BCUT2D eigenvalue weighted by Crippen LogP contribution is 2.11. The summed E-state index contributed by atoms with van der Waals surface area (Å²) in [6, 6.07) is 2.84. The Morgan fingerprint density at radius 1 is 1.37 bits per heavy atom. The Morgan fingerprint density at radius 2 is 2.11 bits per heavy atom. The Kier molecular flexibility index (Phi) is 6.00. The molecule has 1 rings (SSSR count). The SMILES string of the molecule is CCCNC(=O)CCNCc1ccc(S(N)(=O)=O)o1. The standard InChI is InChI=1S/C11H19N3O4S/c1-2-6-14-10(15)5-7-13-8-9-3-4-11(18-9)19(12,16)17/h3-4,13H,2,5-8H2,1H3,(H,14,15)(H2,12,16,17). The maximum atomic E-state index is 11.3. The van der Waals surface area contributed by atoms with Crippen LogP contribution in [0.4, 0.5) is 0 Å². The van der Waals surface area contributed by atoms with Crippen LogP contribution in [-0.2, 0) is 21.4 Å². The van der Waals surface area contributed by atoms with Crippen molar-refractivity contribution in [3.8, 4) is 0 Å². The van der Waals surface area contributed by atoms with E-state index in [1.165, 1.54) is 12.1 Å². The van der Waals surface area contributed by atoms with Crippen molar-refractivity contribution < 1.29 is 17.6 Å². The van der Waals surface area contributed by atoms with Crippen molar-refractivity contribution in [1.29, 1.82) is 0 Å². The second-order valence-corrected chi connectivity index (χ2v) is 5.53. The number of rotatable bonds is 8. The summed E-state index contributed by atoms with van der Waals surface area (Å²) in [7, 11) is -3.79. The van der Waals surface area contributed by atoms with Gasteiger partial charge in [-0.25, -0.2) is 13.6 Å². The Balaban J connectivity index is 2.27. The molecule has 0 aliphatic rings. The average molecular weight is 289 g/mol.